The minimum absolute atomic E-state index is 0. The summed E-state index contributed by atoms with van der Waals surface area (Å²) < 4.78 is 0. The first-order chi connectivity index (χ1) is 10.0. The van der Waals surface area contributed by atoms with Crippen LogP contribution in [0.5, 0.6) is 0 Å². The van der Waals surface area contributed by atoms with Gasteiger partial charge < -0.3 is 0 Å². The summed E-state index contributed by atoms with van der Waals surface area (Å²) in [5, 5.41) is 0. The standard InChI is InChI=1S/3C6H15P.Pd/c3*1-4-7(5-2)6-3;/h3*4-6H2,1-3H3;. The first-order valence-electron chi connectivity index (χ1n) is 9.21. The average molecular weight is 461 g/mol. The number of hydrogen-bond donors (Lipinski definition) is 0. The van der Waals surface area contributed by atoms with Gasteiger partial charge >= 0.3 is 0 Å². The molecule has 0 spiro atoms. The fourth-order valence-corrected chi connectivity index (χ4v) is 6.04. The van der Waals surface area contributed by atoms with Gasteiger partial charge in [0.2, 0.25) is 0 Å². The number of hydrogen-bond acceptors (Lipinski definition) is 0. The van der Waals surface area contributed by atoms with Crippen LogP contribution in [-0.4, -0.2) is 55.5 Å². The van der Waals surface area contributed by atoms with E-state index in [0.29, 0.717) is 23.8 Å². The molecule has 0 aromatic rings. The van der Waals surface area contributed by atoms with Crippen LogP contribution in [0.15, 0.2) is 0 Å². The molecule has 0 saturated heterocycles. The molecule has 0 rings (SSSR count). The molecule has 22 heavy (non-hydrogen) atoms. The maximum absolute atomic E-state index is 2.29. The van der Waals surface area contributed by atoms with Crippen molar-refractivity contribution < 1.29 is 20.4 Å². The van der Waals surface area contributed by atoms with Gasteiger partial charge in [0.25, 0.3) is 0 Å². The summed E-state index contributed by atoms with van der Waals surface area (Å²) in [6, 6.07) is 0. The molecule has 0 nitrogen and oxygen atoms in total. The summed E-state index contributed by atoms with van der Waals surface area (Å²) in [7, 11) is 1.34. The molecule has 0 fully saturated rings. The second-order valence-electron chi connectivity index (χ2n) is 4.86. The van der Waals surface area contributed by atoms with Gasteiger partial charge in [-0.2, -0.15) is 0 Å². The van der Waals surface area contributed by atoms with Crippen molar-refractivity contribution in [3.05, 3.63) is 0 Å². The molecule has 0 radical (unpaired) electrons. The van der Waals surface area contributed by atoms with Crippen molar-refractivity contribution in [2.45, 2.75) is 62.3 Å². The summed E-state index contributed by atoms with van der Waals surface area (Å²) in [5.74, 6) is 0. The van der Waals surface area contributed by atoms with Gasteiger partial charge in [0.05, 0.1) is 0 Å². The minimum Gasteiger partial charge on any atom is -0.108 e. The van der Waals surface area contributed by atoms with E-state index in [4.69, 9.17) is 0 Å². The van der Waals surface area contributed by atoms with Gasteiger partial charge in [-0.25, -0.2) is 0 Å². The molecule has 0 atom stereocenters. The smallest absolute Gasteiger partial charge is 0 e. The van der Waals surface area contributed by atoms with Crippen molar-refractivity contribution in [3.63, 3.8) is 0 Å². The fraction of sp³-hybridized carbons (Fsp3) is 1.00. The molecule has 0 heterocycles. The largest absolute Gasteiger partial charge is 0.108 e. The van der Waals surface area contributed by atoms with Crippen LogP contribution in [0.25, 0.3) is 0 Å². The molecule has 0 unspecified atom stereocenters. The van der Waals surface area contributed by atoms with Gasteiger partial charge in [0.15, 0.2) is 0 Å². The summed E-state index contributed by atoms with van der Waals surface area (Å²) in [6.07, 6.45) is 12.8. The van der Waals surface area contributed by atoms with E-state index in [1.807, 2.05) is 0 Å². The van der Waals surface area contributed by atoms with E-state index >= 15 is 0 Å². The Hall–Kier alpha value is 1.95. The molecule has 0 N–H and O–H groups in total. The van der Waals surface area contributed by atoms with Crippen LogP contribution >= 0.6 is 23.8 Å². The summed E-state index contributed by atoms with van der Waals surface area (Å²) in [5.41, 5.74) is 0. The second kappa shape index (κ2) is 27.8. The topological polar surface area (TPSA) is 0 Å². The Bertz CT molecular complexity index is 111. The SMILES string of the molecule is CCP(CC)CC.CCP(CC)CC.CCP(CC)CC.[Pd]. The quantitative estimate of drug-likeness (QED) is 0.246. The molecular formula is C18H45P3Pd. The monoisotopic (exact) mass is 460 g/mol. The zero-order valence-corrected chi connectivity index (χ0v) is 21.3. The van der Waals surface area contributed by atoms with Crippen molar-refractivity contribution >= 4 is 23.8 Å². The molecule has 0 aromatic heterocycles. The Morgan fingerprint density at radius 3 is 0.409 bits per heavy atom. The van der Waals surface area contributed by atoms with Crippen molar-refractivity contribution in [1.82, 2.24) is 0 Å². The first kappa shape index (κ1) is 31.7. The van der Waals surface area contributed by atoms with Gasteiger partial charge in [-0.15, -0.1) is 23.8 Å². The average Bonchev–Trinajstić information content (AvgIpc) is 2.54. The molecular weight excluding hydrogens is 416 g/mol. The van der Waals surface area contributed by atoms with Gasteiger partial charge in [-0.05, 0) is 55.5 Å². The van der Waals surface area contributed by atoms with E-state index < -0.39 is 0 Å². The van der Waals surface area contributed by atoms with Crippen LogP contribution in [-0.2, 0) is 20.4 Å². The molecule has 0 aliphatic heterocycles. The van der Waals surface area contributed by atoms with Gasteiger partial charge in [-0.3, -0.25) is 0 Å². The Morgan fingerprint density at radius 2 is 0.409 bits per heavy atom. The van der Waals surface area contributed by atoms with Crippen LogP contribution in [0.1, 0.15) is 62.3 Å². The van der Waals surface area contributed by atoms with Crippen molar-refractivity contribution in [3.8, 4) is 0 Å². The van der Waals surface area contributed by atoms with Crippen LogP contribution < -0.4 is 0 Å². The molecule has 0 aliphatic rings. The molecule has 0 amide bonds. The van der Waals surface area contributed by atoms with Crippen LogP contribution in [0.3, 0.4) is 0 Å². The maximum Gasteiger partial charge on any atom is 0 e. The third kappa shape index (κ3) is 24.2. The second-order valence-corrected chi connectivity index (χ2v) is 14.6. The summed E-state index contributed by atoms with van der Waals surface area (Å²) in [6.45, 7) is 20.6. The Morgan fingerprint density at radius 1 is 0.318 bits per heavy atom. The predicted octanol–water partition coefficient (Wildman–Crippen LogP) is 7.58. The molecule has 0 saturated carbocycles. The van der Waals surface area contributed by atoms with E-state index in [1.54, 1.807) is 0 Å². The molecule has 0 aromatic carbocycles. The van der Waals surface area contributed by atoms with Gasteiger partial charge in [0, 0.05) is 20.4 Å². The van der Waals surface area contributed by atoms with Crippen LogP contribution in [0, 0.1) is 0 Å². The molecule has 0 aliphatic carbocycles. The first-order valence-corrected chi connectivity index (χ1v) is 14.9. The van der Waals surface area contributed by atoms with Gasteiger partial charge in [0.1, 0.15) is 0 Å². The normalized spacial score (nSPS) is 9.82. The van der Waals surface area contributed by atoms with E-state index in [9.17, 15) is 0 Å². The fourth-order valence-electron chi connectivity index (χ4n) is 2.01. The zero-order chi connectivity index (χ0) is 17.1. The van der Waals surface area contributed by atoms with E-state index in [1.165, 1.54) is 55.5 Å². The maximum atomic E-state index is 2.29. The molecule has 4 heteroatoms. The predicted molar refractivity (Wildman–Crippen MR) is 116 cm³/mol. The van der Waals surface area contributed by atoms with Crippen molar-refractivity contribution in [2.75, 3.05) is 55.5 Å². The van der Waals surface area contributed by atoms with E-state index in [-0.39, 0.29) is 20.4 Å². The van der Waals surface area contributed by atoms with Gasteiger partial charge in [-0.1, -0.05) is 62.3 Å². The summed E-state index contributed by atoms with van der Waals surface area (Å²) in [4.78, 5) is 0. The van der Waals surface area contributed by atoms with Crippen molar-refractivity contribution in [1.29, 1.82) is 0 Å². The van der Waals surface area contributed by atoms with Crippen LogP contribution in [0.2, 0.25) is 0 Å². The number of rotatable bonds is 9. The molecule has 142 valence electrons. The van der Waals surface area contributed by atoms with Crippen molar-refractivity contribution in [2.24, 2.45) is 0 Å². The third-order valence-corrected chi connectivity index (χ3v) is 12.1. The van der Waals surface area contributed by atoms with Crippen LogP contribution in [0.4, 0.5) is 0 Å². The Labute approximate surface area is 161 Å². The van der Waals surface area contributed by atoms with E-state index in [2.05, 4.69) is 62.3 Å². The summed E-state index contributed by atoms with van der Waals surface area (Å²) >= 11 is 0. The minimum atomic E-state index is 0. The third-order valence-electron chi connectivity index (χ3n) is 4.02. The Kier molecular flexibility index (Phi) is 40.0. The Balaban J connectivity index is -0.000000108. The molecule has 0 bridgehead atoms. The van der Waals surface area contributed by atoms with E-state index in [0.717, 1.165) is 0 Å². The zero-order valence-electron chi connectivity index (χ0n) is 17.0.